The fourth-order valence-corrected chi connectivity index (χ4v) is 2.61. The average molecular weight is 261 g/mol. The van der Waals surface area contributed by atoms with Crippen LogP contribution >= 0.6 is 0 Å². The van der Waals surface area contributed by atoms with E-state index in [0.717, 1.165) is 12.0 Å². The van der Waals surface area contributed by atoms with Crippen LogP contribution in [0.3, 0.4) is 0 Å². The highest BCUT2D eigenvalue weighted by Crippen LogP contribution is 2.29. The van der Waals surface area contributed by atoms with E-state index in [2.05, 4.69) is 0 Å². The lowest BCUT2D eigenvalue weighted by Gasteiger charge is -2.31. The SMILES string of the molecule is CC[C@@H](C)[C@@H](CC(=O)O)N1Cc2ccccc2C1=O. The van der Waals surface area contributed by atoms with Crippen LogP contribution in [0.2, 0.25) is 0 Å². The molecule has 0 fully saturated rings. The van der Waals surface area contributed by atoms with Gasteiger partial charge in [0, 0.05) is 18.2 Å². The molecule has 4 nitrogen and oxygen atoms in total. The smallest absolute Gasteiger partial charge is 0.305 e. The largest absolute Gasteiger partial charge is 0.481 e. The van der Waals surface area contributed by atoms with Crippen molar-refractivity contribution in [3.05, 3.63) is 35.4 Å². The third-order valence-corrected chi connectivity index (χ3v) is 3.93. The summed E-state index contributed by atoms with van der Waals surface area (Å²) in [6, 6.07) is 7.26. The second-order valence-electron chi connectivity index (χ2n) is 5.14. The molecule has 0 bridgehead atoms. The summed E-state index contributed by atoms with van der Waals surface area (Å²) in [5, 5.41) is 9.05. The lowest BCUT2D eigenvalue weighted by molar-refractivity contribution is -0.138. The van der Waals surface area contributed by atoms with Crippen LogP contribution in [-0.2, 0) is 11.3 Å². The molecule has 0 saturated carbocycles. The van der Waals surface area contributed by atoms with E-state index in [1.165, 1.54) is 0 Å². The zero-order chi connectivity index (χ0) is 14.0. The molecule has 1 amide bonds. The van der Waals surface area contributed by atoms with Crippen molar-refractivity contribution in [2.24, 2.45) is 5.92 Å². The molecule has 102 valence electrons. The number of carbonyl (C=O) groups excluding carboxylic acids is 1. The monoisotopic (exact) mass is 261 g/mol. The number of nitrogens with zero attached hydrogens (tertiary/aromatic N) is 1. The first-order valence-electron chi connectivity index (χ1n) is 6.65. The highest BCUT2D eigenvalue weighted by Gasteiger charge is 2.35. The minimum atomic E-state index is -0.853. The first-order chi connectivity index (χ1) is 9.04. The summed E-state index contributed by atoms with van der Waals surface area (Å²) in [6.45, 7) is 4.55. The summed E-state index contributed by atoms with van der Waals surface area (Å²) < 4.78 is 0. The van der Waals surface area contributed by atoms with Gasteiger partial charge in [-0.3, -0.25) is 9.59 Å². The highest BCUT2D eigenvalue weighted by molar-refractivity contribution is 5.98. The van der Waals surface area contributed by atoms with Gasteiger partial charge in [0.2, 0.25) is 0 Å². The van der Waals surface area contributed by atoms with Crippen molar-refractivity contribution in [1.82, 2.24) is 4.90 Å². The molecule has 0 aromatic heterocycles. The summed E-state index contributed by atoms with van der Waals surface area (Å²) >= 11 is 0. The van der Waals surface area contributed by atoms with Gasteiger partial charge in [0.25, 0.3) is 5.91 Å². The number of hydrogen-bond donors (Lipinski definition) is 1. The Bertz CT molecular complexity index is 498. The maximum absolute atomic E-state index is 12.4. The summed E-state index contributed by atoms with van der Waals surface area (Å²) in [5.41, 5.74) is 1.70. The van der Waals surface area contributed by atoms with E-state index in [0.29, 0.717) is 12.1 Å². The van der Waals surface area contributed by atoms with Gasteiger partial charge >= 0.3 is 5.97 Å². The lowest BCUT2D eigenvalue weighted by atomic mass is 9.95. The number of benzene rings is 1. The average Bonchev–Trinajstić information content (AvgIpc) is 2.73. The third-order valence-electron chi connectivity index (χ3n) is 3.93. The van der Waals surface area contributed by atoms with E-state index in [9.17, 15) is 9.59 Å². The van der Waals surface area contributed by atoms with E-state index >= 15 is 0 Å². The molecule has 4 heteroatoms. The first kappa shape index (κ1) is 13.6. The highest BCUT2D eigenvalue weighted by atomic mass is 16.4. The summed E-state index contributed by atoms with van der Waals surface area (Å²) in [5.74, 6) is -0.717. The predicted octanol–water partition coefficient (Wildman–Crippen LogP) is 2.53. The van der Waals surface area contributed by atoms with Crippen LogP contribution in [0.25, 0.3) is 0 Å². The second kappa shape index (κ2) is 5.43. The molecule has 0 aliphatic carbocycles. The quantitative estimate of drug-likeness (QED) is 0.886. The maximum Gasteiger partial charge on any atom is 0.305 e. The Kier molecular flexibility index (Phi) is 3.88. The van der Waals surface area contributed by atoms with Gasteiger partial charge in [0.05, 0.1) is 6.42 Å². The van der Waals surface area contributed by atoms with E-state index < -0.39 is 5.97 Å². The van der Waals surface area contributed by atoms with E-state index in [4.69, 9.17) is 5.11 Å². The number of aliphatic carboxylic acids is 1. The molecule has 2 rings (SSSR count). The van der Waals surface area contributed by atoms with Crippen LogP contribution in [0.5, 0.6) is 0 Å². The van der Waals surface area contributed by atoms with Gasteiger partial charge in [0.1, 0.15) is 0 Å². The van der Waals surface area contributed by atoms with Gasteiger partial charge in [-0.15, -0.1) is 0 Å². The van der Waals surface area contributed by atoms with Crippen molar-refractivity contribution in [1.29, 1.82) is 0 Å². The molecule has 2 atom stereocenters. The second-order valence-corrected chi connectivity index (χ2v) is 5.14. The van der Waals surface area contributed by atoms with Crippen molar-refractivity contribution >= 4 is 11.9 Å². The van der Waals surface area contributed by atoms with Crippen LogP contribution in [-0.4, -0.2) is 27.9 Å². The molecule has 0 saturated heterocycles. The summed E-state index contributed by atoms with van der Waals surface area (Å²) in [7, 11) is 0. The van der Waals surface area contributed by atoms with Gasteiger partial charge in [-0.2, -0.15) is 0 Å². The number of carboxylic acid groups (broad SMARTS) is 1. The van der Waals surface area contributed by atoms with E-state index in [-0.39, 0.29) is 24.3 Å². The maximum atomic E-state index is 12.4. The Balaban J connectivity index is 2.25. The van der Waals surface area contributed by atoms with Crippen molar-refractivity contribution in [2.75, 3.05) is 0 Å². The molecule has 1 aromatic rings. The fraction of sp³-hybridized carbons (Fsp3) is 0.467. The van der Waals surface area contributed by atoms with Crippen molar-refractivity contribution < 1.29 is 14.7 Å². The molecule has 1 aliphatic rings. The lowest BCUT2D eigenvalue weighted by Crippen LogP contribution is -2.41. The third kappa shape index (κ3) is 2.62. The Morgan fingerprint density at radius 1 is 1.42 bits per heavy atom. The van der Waals surface area contributed by atoms with Crippen LogP contribution in [0.4, 0.5) is 0 Å². The van der Waals surface area contributed by atoms with Crippen molar-refractivity contribution in [3.63, 3.8) is 0 Å². The standard InChI is InChI=1S/C15H19NO3/c1-3-10(2)13(8-14(17)18)16-9-11-6-4-5-7-12(11)15(16)19/h4-7,10,13H,3,8-9H2,1-2H3,(H,17,18)/t10-,13-/m1/s1. The normalized spacial score (nSPS) is 17.2. The van der Waals surface area contributed by atoms with Gasteiger partial charge in [0.15, 0.2) is 0 Å². The molecule has 1 heterocycles. The molecular weight excluding hydrogens is 242 g/mol. The summed E-state index contributed by atoms with van der Waals surface area (Å²) in [6.07, 6.45) is 0.868. The molecule has 0 unspecified atom stereocenters. The van der Waals surface area contributed by atoms with Gasteiger partial charge < -0.3 is 10.0 Å². The number of carboxylic acids is 1. The van der Waals surface area contributed by atoms with E-state index in [1.54, 1.807) is 4.90 Å². The molecule has 1 N–H and O–H groups in total. The van der Waals surface area contributed by atoms with Gasteiger partial charge in [-0.05, 0) is 17.5 Å². The van der Waals surface area contributed by atoms with Gasteiger partial charge in [-0.25, -0.2) is 0 Å². The zero-order valence-electron chi connectivity index (χ0n) is 11.3. The van der Waals surface area contributed by atoms with Crippen LogP contribution < -0.4 is 0 Å². The Hall–Kier alpha value is -1.84. The van der Waals surface area contributed by atoms with E-state index in [1.807, 2.05) is 38.1 Å². The number of carbonyl (C=O) groups is 2. The predicted molar refractivity (Wildman–Crippen MR) is 71.8 cm³/mol. The Labute approximate surface area is 113 Å². The minimum Gasteiger partial charge on any atom is -0.481 e. The number of hydrogen-bond acceptors (Lipinski definition) is 2. The molecule has 0 radical (unpaired) electrons. The van der Waals surface area contributed by atoms with Crippen molar-refractivity contribution in [3.8, 4) is 0 Å². The van der Waals surface area contributed by atoms with Gasteiger partial charge in [-0.1, -0.05) is 38.5 Å². The molecular formula is C15H19NO3. The first-order valence-corrected chi connectivity index (χ1v) is 6.65. The van der Waals surface area contributed by atoms with Crippen molar-refractivity contribution in [2.45, 2.75) is 39.3 Å². The molecule has 1 aromatic carbocycles. The fourth-order valence-electron chi connectivity index (χ4n) is 2.61. The number of amides is 1. The number of fused-ring (bicyclic) bond motifs is 1. The summed E-state index contributed by atoms with van der Waals surface area (Å²) in [4.78, 5) is 25.1. The van der Waals surface area contributed by atoms with Crippen LogP contribution in [0.1, 0.15) is 42.6 Å². The molecule has 1 aliphatic heterocycles. The number of rotatable bonds is 5. The Morgan fingerprint density at radius 2 is 2.11 bits per heavy atom. The molecule has 0 spiro atoms. The molecule has 19 heavy (non-hydrogen) atoms. The Morgan fingerprint density at radius 3 is 2.68 bits per heavy atom. The van der Waals surface area contributed by atoms with Crippen LogP contribution in [0, 0.1) is 5.92 Å². The topological polar surface area (TPSA) is 57.6 Å². The minimum absolute atomic E-state index is 0.00867. The van der Waals surface area contributed by atoms with Crippen LogP contribution in [0.15, 0.2) is 24.3 Å². The zero-order valence-corrected chi connectivity index (χ0v) is 11.3.